The molecule has 0 fully saturated rings. The molecule has 0 unspecified atom stereocenters. The molecule has 0 aromatic heterocycles. The Morgan fingerprint density at radius 2 is 1.86 bits per heavy atom. The molecule has 0 aliphatic heterocycles. The van der Waals surface area contributed by atoms with Gasteiger partial charge in [0, 0.05) is 12.2 Å². The van der Waals surface area contributed by atoms with Crippen LogP contribution in [-0.2, 0) is 14.8 Å². The molecule has 2 aromatic carbocycles. The van der Waals surface area contributed by atoms with Gasteiger partial charge < -0.3 is 10.1 Å². The summed E-state index contributed by atoms with van der Waals surface area (Å²) < 4.78 is 32.2. The molecule has 0 aliphatic carbocycles. The third-order valence-electron chi connectivity index (χ3n) is 4.02. The molecule has 0 saturated heterocycles. The van der Waals surface area contributed by atoms with E-state index in [-0.39, 0.29) is 29.9 Å². The summed E-state index contributed by atoms with van der Waals surface area (Å²) in [4.78, 5) is 12.3. The lowest BCUT2D eigenvalue weighted by molar-refractivity contribution is -0.118. The van der Waals surface area contributed by atoms with Crippen LogP contribution in [0.4, 0.5) is 5.69 Å². The van der Waals surface area contributed by atoms with E-state index in [1.165, 1.54) is 30.3 Å². The number of carbonyl (C=O) groups excluding carboxylic acids is 1. The van der Waals surface area contributed by atoms with Crippen LogP contribution in [0.3, 0.4) is 0 Å². The maximum atomic E-state index is 12.2. The molecule has 7 heteroatoms. The van der Waals surface area contributed by atoms with Crippen molar-refractivity contribution in [3.8, 4) is 5.75 Å². The average Bonchev–Trinajstić information content (AvgIpc) is 2.65. The summed E-state index contributed by atoms with van der Waals surface area (Å²) in [7, 11) is -3.59. The highest BCUT2D eigenvalue weighted by molar-refractivity contribution is 7.89. The van der Waals surface area contributed by atoms with Crippen LogP contribution in [0.1, 0.15) is 30.9 Å². The monoisotopic (exact) mass is 402 g/mol. The molecule has 150 valence electrons. The van der Waals surface area contributed by atoms with Gasteiger partial charge in [-0.15, -0.1) is 6.58 Å². The second kappa shape index (κ2) is 9.52. The Bertz CT molecular complexity index is 935. The fraction of sp³-hybridized carbons (Fsp3) is 0.286. The molecule has 2 N–H and O–H groups in total. The Balaban J connectivity index is 1.99. The van der Waals surface area contributed by atoms with Gasteiger partial charge >= 0.3 is 0 Å². The van der Waals surface area contributed by atoms with E-state index in [0.29, 0.717) is 11.4 Å². The van der Waals surface area contributed by atoms with Crippen LogP contribution in [0.5, 0.6) is 5.75 Å². The van der Waals surface area contributed by atoms with Gasteiger partial charge in [-0.3, -0.25) is 4.79 Å². The first kappa shape index (κ1) is 21.7. The Kier molecular flexibility index (Phi) is 7.37. The van der Waals surface area contributed by atoms with Crippen molar-refractivity contribution in [2.45, 2.75) is 31.6 Å². The van der Waals surface area contributed by atoms with E-state index in [9.17, 15) is 13.2 Å². The second-order valence-corrected chi connectivity index (χ2v) is 8.46. The van der Waals surface area contributed by atoms with E-state index in [1.807, 2.05) is 25.1 Å². The van der Waals surface area contributed by atoms with Crippen LogP contribution in [0, 0.1) is 6.92 Å². The quantitative estimate of drug-likeness (QED) is 0.628. The van der Waals surface area contributed by atoms with Crippen molar-refractivity contribution in [3.05, 3.63) is 66.2 Å². The maximum Gasteiger partial charge on any atom is 0.262 e. The van der Waals surface area contributed by atoms with Crippen LogP contribution >= 0.6 is 0 Å². The molecule has 0 heterocycles. The van der Waals surface area contributed by atoms with Crippen molar-refractivity contribution in [2.24, 2.45) is 0 Å². The third kappa shape index (κ3) is 5.94. The molecular formula is C21H26N2O4S. The van der Waals surface area contributed by atoms with Gasteiger partial charge in [-0.2, -0.15) is 0 Å². The average molecular weight is 403 g/mol. The minimum absolute atomic E-state index is 0.116. The van der Waals surface area contributed by atoms with Gasteiger partial charge in [-0.05, 0) is 54.3 Å². The molecule has 0 saturated carbocycles. The first-order valence-electron chi connectivity index (χ1n) is 8.96. The number of benzene rings is 2. The van der Waals surface area contributed by atoms with Gasteiger partial charge in [-0.25, -0.2) is 13.1 Å². The maximum absolute atomic E-state index is 12.2. The van der Waals surface area contributed by atoms with Crippen molar-refractivity contribution in [1.82, 2.24) is 4.72 Å². The zero-order valence-electron chi connectivity index (χ0n) is 16.4. The Morgan fingerprint density at radius 3 is 2.46 bits per heavy atom. The highest BCUT2D eigenvalue weighted by atomic mass is 32.2. The van der Waals surface area contributed by atoms with E-state index in [2.05, 4.69) is 30.5 Å². The van der Waals surface area contributed by atoms with Gasteiger partial charge in [0.05, 0.1) is 4.90 Å². The second-order valence-electron chi connectivity index (χ2n) is 6.70. The molecule has 0 spiro atoms. The third-order valence-corrected chi connectivity index (χ3v) is 5.46. The van der Waals surface area contributed by atoms with Crippen molar-refractivity contribution in [1.29, 1.82) is 0 Å². The van der Waals surface area contributed by atoms with E-state index in [1.54, 1.807) is 0 Å². The Hall–Kier alpha value is -2.64. The molecule has 28 heavy (non-hydrogen) atoms. The molecule has 2 rings (SSSR count). The zero-order chi connectivity index (χ0) is 20.7. The highest BCUT2D eigenvalue weighted by Crippen LogP contribution is 2.27. The van der Waals surface area contributed by atoms with E-state index >= 15 is 0 Å². The summed E-state index contributed by atoms with van der Waals surface area (Å²) in [5.74, 6) is 0.652. The summed E-state index contributed by atoms with van der Waals surface area (Å²) in [6.45, 7) is 9.59. The van der Waals surface area contributed by atoms with Gasteiger partial charge in [0.15, 0.2) is 6.61 Å². The van der Waals surface area contributed by atoms with Crippen molar-refractivity contribution < 1.29 is 17.9 Å². The largest absolute Gasteiger partial charge is 0.483 e. The lowest BCUT2D eigenvalue weighted by Crippen LogP contribution is -2.24. The summed E-state index contributed by atoms with van der Waals surface area (Å²) in [5, 5.41) is 2.70. The fourth-order valence-corrected chi connectivity index (χ4v) is 3.55. The Labute approximate surface area is 166 Å². The molecule has 0 atom stereocenters. The predicted molar refractivity (Wildman–Crippen MR) is 111 cm³/mol. The number of carbonyl (C=O) groups is 1. The number of nitrogens with one attached hydrogen (secondary N) is 2. The molecule has 2 aromatic rings. The Morgan fingerprint density at radius 1 is 1.18 bits per heavy atom. The van der Waals surface area contributed by atoms with Crippen LogP contribution in [0.2, 0.25) is 0 Å². The lowest BCUT2D eigenvalue weighted by atomic mass is 10.0. The summed E-state index contributed by atoms with van der Waals surface area (Å²) in [5.41, 5.74) is 2.59. The number of hydrogen-bond donors (Lipinski definition) is 2. The van der Waals surface area contributed by atoms with E-state index in [0.717, 1.165) is 11.1 Å². The lowest BCUT2D eigenvalue weighted by Gasteiger charge is -2.15. The normalized spacial score (nSPS) is 11.3. The van der Waals surface area contributed by atoms with Crippen LogP contribution in [-0.4, -0.2) is 27.5 Å². The smallest absolute Gasteiger partial charge is 0.262 e. The molecule has 0 radical (unpaired) electrons. The molecule has 0 bridgehead atoms. The highest BCUT2D eigenvalue weighted by Gasteiger charge is 2.13. The number of anilines is 1. The van der Waals surface area contributed by atoms with Crippen molar-refractivity contribution >= 4 is 21.6 Å². The van der Waals surface area contributed by atoms with Gasteiger partial charge in [0.1, 0.15) is 5.75 Å². The zero-order valence-corrected chi connectivity index (χ0v) is 17.2. The minimum Gasteiger partial charge on any atom is -0.483 e. The van der Waals surface area contributed by atoms with E-state index in [4.69, 9.17) is 4.74 Å². The summed E-state index contributed by atoms with van der Waals surface area (Å²) in [6.07, 6.45) is 1.46. The SMILES string of the molecule is C=CCNS(=O)(=O)c1ccc(NC(=O)COc2cc(C)ccc2C(C)C)cc1. The molecular weight excluding hydrogens is 376 g/mol. The first-order valence-corrected chi connectivity index (χ1v) is 10.4. The first-order chi connectivity index (χ1) is 13.2. The standard InChI is InChI=1S/C21H26N2O4S/c1-5-12-22-28(25,26)18-9-7-17(8-10-18)23-21(24)14-27-20-13-16(4)6-11-19(20)15(2)3/h5-11,13,15,22H,1,12,14H2,2-4H3,(H,23,24). The summed E-state index contributed by atoms with van der Waals surface area (Å²) >= 11 is 0. The topological polar surface area (TPSA) is 84.5 Å². The van der Waals surface area contributed by atoms with Crippen molar-refractivity contribution in [3.63, 3.8) is 0 Å². The van der Waals surface area contributed by atoms with E-state index < -0.39 is 10.0 Å². The van der Waals surface area contributed by atoms with Gasteiger partial charge in [0.25, 0.3) is 5.91 Å². The van der Waals surface area contributed by atoms with Crippen molar-refractivity contribution in [2.75, 3.05) is 18.5 Å². The number of aryl methyl sites for hydroxylation is 1. The van der Waals surface area contributed by atoms with Crippen LogP contribution in [0.25, 0.3) is 0 Å². The number of ether oxygens (including phenoxy) is 1. The van der Waals surface area contributed by atoms with Gasteiger partial charge in [0.2, 0.25) is 10.0 Å². The molecule has 6 nitrogen and oxygen atoms in total. The van der Waals surface area contributed by atoms with Gasteiger partial charge in [-0.1, -0.05) is 32.1 Å². The fourth-order valence-electron chi connectivity index (χ4n) is 2.55. The predicted octanol–water partition coefficient (Wildman–Crippen LogP) is 3.60. The number of amides is 1. The minimum atomic E-state index is -3.59. The number of sulfonamides is 1. The number of hydrogen-bond acceptors (Lipinski definition) is 4. The summed E-state index contributed by atoms with van der Waals surface area (Å²) in [6, 6.07) is 11.9. The van der Waals surface area contributed by atoms with Crippen LogP contribution < -0.4 is 14.8 Å². The van der Waals surface area contributed by atoms with Crippen LogP contribution in [0.15, 0.2) is 60.0 Å². The molecule has 1 amide bonds. The molecule has 0 aliphatic rings. The number of rotatable bonds is 9.